The topological polar surface area (TPSA) is 101 Å². The van der Waals surface area contributed by atoms with Crippen LogP contribution < -0.4 is 5.32 Å². The molecule has 3 rings (SSSR count). The maximum Gasteiger partial charge on any atom is 0.306 e. The number of aromatic amines is 1. The number of esters is 1. The van der Waals surface area contributed by atoms with Crippen LogP contribution in [0.15, 0.2) is 24.3 Å². The van der Waals surface area contributed by atoms with E-state index < -0.39 is 0 Å². The predicted molar refractivity (Wildman–Crippen MR) is 152 cm³/mol. The van der Waals surface area contributed by atoms with Crippen LogP contribution in [-0.4, -0.2) is 38.3 Å². The standard InChI is InChI=1S/C29H42ClN5O3/c1-3-4-5-6-7-8-9-10-11-12-13-14-21-38-26(37)20-19-25(36)31-24-17-15-23(16-18-24)28-32-29-27(30)22(2)33-35(29)34-28/h15-18,33H,3-14,19-21H2,1-2H3,(H,31,36). The lowest BCUT2D eigenvalue weighted by Crippen LogP contribution is -2.14. The largest absolute Gasteiger partial charge is 0.466 e. The summed E-state index contributed by atoms with van der Waals surface area (Å²) in [6.45, 7) is 4.54. The third-order valence-corrected chi connectivity index (χ3v) is 7.10. The molecule has 9 heteroatoms. The number of amides is 1. The van der Waals surface area contributed by atoms with E-state index in [4.69, 9.17) is 16.3 Å². The highest BCUT2D eigenvalue weighted by Gasteiger charge is 2.14. The maximum atomic E-state index is 12.2. The van der Waals surface area contributed by atoms with Crippen molar-refractivity contribution in [3.63, 3.8) is 0 Å². The van der Waals surface area contributed by atoms with Crippen LogP contribution in [0.4, 0.5) is 5.69 Å². The van der Waals surface area contributed by atoms with Gasteiger partial charge >= 0.3 is 5.97 Å². The van der Waals surface area contributed by atoms with E-state index in [1.54, 1.807) is 16.8 Å². The second-order valence-corrected chi connectivity index (χ2v) is 10.3. The fourth-order valence-corrected chi connectivity index (χ4v) is 4.54. The maximum absolute atomic E-state index is 12.2. The molecule has 0 fully saturated rings. The van der Waals surface area contributed by atoms with E-state index in [-0.39, 0.29) is 24.7 Å². The van der Waals surface area contributed by atoms with Gasteiger partial charge in [-0.1, -0.05) is 89.2 Å². The molecule has 0 radical (unpaired) electrons. The molecule has 0 atom stereocenters. The van der Waals surface area contributed by atoms with E-state index in [2.05, 4.69) is 27.4 Å². The van der Waals surface area contributed by atoms with Crippen LogP contribution in [0.1, 0.15) is 103 Å². The molecule has 0 aliphatic heterocycles. The summed E-state index contributed by atoms with van der Waals surface area (Å²) < 4.78 is 6.83. The first kappa shape index (κ1) is 29.7. The quantitative estimate of drug-likeness (QED) is 0.127. The molecule has 0 spiro atoms. The van der Waals surface area contributed by atoms with Gasteiger partial charge in [-0.3, -0.25) is 14.7 Å². The van der Waals surface area contributed by atoms with Gasteiger partial charge in [0.05, 0.1) is 18.7 Å². The van der Waals surface area contributed by atoms with Gasteiger partial charge in [0.2, 0.25) is 5.91 Å². The zero-order chi connectivity index (χ0) is 27.2. The molecule has 1 aromatic carbocycles. The van der Waals surface area contributed by atoms with Gasteiger partial charge in [-0.25, -0.2) is 4.98 Å². The van der Waals surface area contributed by atoms with E-state index in [0.717, 1.165) is 24.1 Å². The lowest BCUT2D eigenvalue weighted by atomic mass is 10.1. The smallest absolute Gasteiger partial charge is 0.306 e. The lowest BCUT2D eigenvalue weighted by molar-refractivity contribution is -0.144. The molecular formula is C29H42ClN5O3. The SMILES string of the molecule is CCCCCCCCCCCCCCOC(=O)CCC(=O)Nc1ccc(-c2nc3c(Cl)c(C)[nH]n3n2)cc1. The first-order chi connectivity index (χ1) is 18.5. The Kier molecular flexibility index (Phi) is 12.6. The molecule has 0 aliphatic carbocycles. The minimum atomic E-state index is -0.325. The third kappa shape index (κ3) is 9.78. The van der Waals surface area contributed by atoms with Crippen molar-refractivity contribution in [2.75, 3.05) is 11.9 Å². The Morgan fingerprint density at radius 3 is 2.13 bits per heavy atom. The van der Waals surface area contributed by atoms with Crippen LogP contribution in [0.25, 0.3) is 17.0 Å². The second-order valence-electron chi connectivity index (χ2n) is 9.96. The molecule has 2 N–H and O–H groups in total. The monoisotopic (exact) mass is 543 g/mol. The number of rotatable bonds is 18. The average molecular weight is 544 g/mol. The summed E-state index contributed by atoms with van der Waals surface area (Å²) in [4.78, 5) is 28.7. The number of nitrogens with zero attached hydrogens (tertiary/aromatic N) is 3. The molecule has 0 saturated heterocycles. The van der Waals surface area contributed by atoms with Crippen molar-refractivity contribution in [1.29, 1.82) is 0 Å². The minimum Gasteiger partial charge on any atom is -0.466 e. The number of aryl methyl sites for hydroxylation is 1. The van der Waals surface area contributed by atoms with Crippen molar-refractivity contribution in [3.8, 4) is 11.4 Å². The van der Waals surface area contributed by atoms with Crippen molar-refractivity contribution in [3.05, 3.63) is 35.0 Å². The van der Waals surface area contributed by atoms with Crippen LogP contribution in [0.2, 0.25) is 5.02 Å². The Morgan fingerprint density at radius 2 is 1.53 bits per heavy atom. The van der Waals surface area contributed by atoms with Crippen molar-refractivity contribution in [2.24, 2.45) is 0 Å². The van der Waals surface area contributed by atoms with Crippen LogP contribution in [0, 0.1) is 6.92 Å². The second kappa shape index (κ2) is 16.2. The molecule has 0 unspecified atom stereocenters. The number of aromatic nitrogens is 4. The number of nitrogens with one attached hydrogen (secondary N) is 2. The number of hydrogen-bond donors (Lipinski definition) is 2. The highest BCUT2D eigenvalue weighted by molar-refractivity contribution is 6.34. The van der Waals surface area contributed by atoms with Gasteiger partial charge < -0.3 is 10.1 Å². The van der Waals surface area contributed by atoms with Crippen molar-refractivity contribution < 1.29 is 14.3 Å². The molecule has 0 bridgehead atoms. The Morgan fingerprint density at radius 1 is 0.921 bits per heavy atom. The number of carbonyl (C=O) groups is 2. The summed E-state index contributed by atoms with van der Waals surface area (Å²) in [6, 6.07) is 7.21. The summed E-state index contributed by atoms with van der Waals surface area (Å²) in [5.74, 6) is -0.0169. The fraction of sp³-hybridized carbons (Fsp3) is 0.586. The van der Waals surface area contributed by atoms with Gasteiger partial charge in [0.1, 0.15) is 5.02 Å². The van der Waals surface area contributed by atoms with Gasteiger partial charge in [0.25, 0.3) is 0 Å². The summed E-state index contributed by atoms with van der Waals surface area (Å²) in [5, 5.41) is 10.8. The molecule has 3 aromatic rings. The Labute approximate surface area is 230 Å². The average Bonchev–Trinajstić information content (AvgIpc) is 3.44. The number of benzene rings is 1. The number of ether oxygens (including phenoxy) is 1. The number of carbonyl (C=O) groups excluding carboxylic acids is 2. The number of unbranched alkanes of at least 4 members (excludes halogenated alkanes) is 11. The number of H-pyrrole nitrogens is 1. The van der Waals surface area contributed by atoms with Crippen molar-refractivity contribution in [1.82, 2.24) is 19.8 Å². The van der Waals surface area contributed by atoms with E-state index in [1.165, 1.54) is 64.2 Å². The molecule has 8 nitrogen and oxygen atoms in total. The minimum absolute atomic E-state index is 0.0764. The molecule has 1 amide bonds. The van der Waals surface area contributed by atoms with E-state index in [1.807, 2.05) is 19.1 Å². The van der Waals surface area contributed by atoms with Gasteiger partial charge in [0.15, 0.2) is 11.5 Å². The molecular weight excluding hydrogens is 502 g/mol. The van der Waals surface area contributed by atoms with Crippen LogP contribution in [-0.2, 0) is 14.3 Å². The summed E-state index contributed by atoms with van der Waals surface area (Å²) in [6.07, 6.45) is 15.4. The van der Waals surface area contributed by atoms with Gasteiger partial charge in [0, 0.05) is 17.7 Å². The van der Waals surface area contributed by atoms with Crippen LogP contribution in [0.5, 0.6) is 0 Å². The first-order valence-corrected chi connectivity index (χ1v) is 14.5. The molecule has 2 aromatic heterocycles. The number of hydrogen-bond acceptors (Lipinski definition) is 5. The first-order valence-electron chi connectivity index (χ1n) is 14.1. The summed E-state index contributed by atoms with van der Waals surface area (Å²) in [7, 11) is 0. The molecule has 0 aliphatic rings. The van der Waals surface area contributed by atoms with Gasteiger partial charge in [-0.05, 0) is 37.6 Å². The number of halogens is 1. The van der Waals surface area contributed by atoms with Gasteiger partial charge in [-0.15, -0.1) is 5.10 Å². The predicted octanol–water partition coefficient (Wildman–Crippen LogP) is 7.65. The zero-order valence-corrected chi connectivity index (χ0v) is 23.6. The molecule has 0 saturated carbocycles. The summed E-state index contributed by atoms with van der Waals surface area (Å²) in [5.41, 5.74) is 2.82. The molecule has 208 valence electrons. The van der Waals surface area contributed by atoms with E-state index >= 15 is 0 Å². The normalized spacial score (nSPS) is 11.2. The van der Waals surface area contributed by atoms with Crippen molar-refractivity contribution >= 4 is 34.8 Å². The Hall–Kier alpha value is -2.87. The fourth-order valence-electron chi connectivity index (χ4n) is 4.37. The zero-order valence-electron chi connectivity index (χ0n) is 22.9. The number of anilines is 1. The van der Waals surface area contributed by atoms with E-state index in [9.17, 15) is 9.59 Å². The number of fused-ring (bicyclic) bond motifs is 1. The molecule has 38 heavy (non-hydrogen) atoms. The Bertz CT molecular complexity index is 1140. The van der Waals surface area contributed by atoms with Gasteiger partial charge in [-0.2, -0.15) is 4.63 Å². The third-order valence-electron chi connectivity index (χ3n) is 6.65. The van der Waals surface area contributed by atoms with Crippen molar-refractivity contribution in [2.45, 2.75) is 104 Å². The van der Waals surface area contributed by atoms with Crippen LogP contribution >= 0.6 is 11.6 Å². The molecule has 2 heterocycles. The highest BCUT2D eigenvalue weighted by atomic mass is 35.5. The lowest BCUT2D eigenvalue weighted by Gasteiger charge is -2.07. The van der Waals surface area contributed by atoms with Crippen LogP contribution in [0.3, 0.4) is 0 Å². The van der Waals surface area contributed by atoms with E-state index in [0.29, 0.717) is 28.8 Å². The highest BCUT2D eigenvalue weighted by Crippen LogP contribution is 2.24. The summed E-state index contributed by atoms with van der Waals surface area (Å²) >= 11 is 6.22. The Balaban J connectivity index is 1.22.